The minimum Gasteiger partial charge on any atom is -0.490 e. The van der Waals surface area contributed by atoms with Crippen molar-refractivity contribution in [3.8, 4) is 5.75 Å². The largest absolute Gasteiger partial charge is 0.490 e. The van der Waals surface area contributed by atoms with Gasteiger partial charge in [0.1, 0.15) is 12.4 Å². The van der Waals surface area contributed by atoms with E-state index < -0.39 is 5.91 Å². The Hall–Kier alpha value is -3.27. The molecule has 0 saturated carbocycles. The Kier molecular flexibility index (Phi) is 8.94. The first-order chi connectivity index (χ1) is 16.0. The summed E-state index contributed by atoms with van der Waals surface area (Å²) in [5.41, 5.74) is 1.81. The van der Waals surface area contributed by atoms with Crippen LogP contribution in [0.2, 0.25) is 0 Å². The number of para-hydroxylation sites is 2. The van der Waals surface area contributed by atoms with Crippen molar-refractivity contribution >= 4 is 56.4 Å². The molecular formula is C24H22BrN3O4S. The fraction of sp³-hybridized carbons (Fsp3) is 0.125. The van der Waals surface area contributed by atoms with Crippen LogP contribution >= 0.6 is 28.1 Å². The van der Waals surface area contributed by atoms with Crippen LogP contribution in [0.15, 0.2) is 77.3 Å². The van der Waals surface area contributed by atoms with E-state index in [1.807, 2.05) is 18.2 Å². The summed E-state index contributed by atoms with van der Waals surface area (Å²) in [5.74, 6) is -0.357. The maximum absolute atomic E-state index is 12.9. The van der Waals surface area contributed by atoms with Gasteiger partial charge in [-0.05, 0) is 54.7 Å². The van der Waals surface area contributed by atoms with Gasteiger partial charge in [-0.15, -0.1) is 0 Å². The second-order valence-electron chi connectivity index (χ2n) is 6.76. The molecule has 3 aromatic rings. The molecule has 0 aliphatic heterocycles. The molecule has 3 rings (SSSR count). The molecule has 7 nitrogen and oxygen atoms in total. The van der Waals surface area contributed by atoms with E-state index in [0.29, 0.717) is 45.9 Å². The Bertz CT molecular complexity index is 1140. The first-order valence-corrected chi connectivity index (χ1v) is 11.2. The molecule has 0 aliphatic carbocycles. The minimum atomic E-state index is -0.451. The van der Waals surface area contributed by atoms with E-state index in [4.69, 9.17) is 21.7 Å². The summed E-state index contributed by atoms with van der Waals surface area (Å²) in [5, 5.41) is 8.45. The molecule has 2 amide bonds. The van der Waals surface area contributed by atoms with Crippen molar-refractivity contribution in [2.75, 3.05) is 31.0 Å². The van der Waals surface area contributed by atoms with E-state index in [1.165, 1.54) is 0 Å². The highest BCUT2D eigenvalue weighted by atomic mass is 79.9. The van der Waals surface area contributed by atoms with E-state index in [2.05, 4.69) is 31.9 Å². The van der Waals surface area contributed by atoms with E-state index in [0.717, 1.165) is 0 Å². The second-order valence-corrected chi connectivity index (χ2v) is 8.08. The van der Waals surface area contributed by atoms with Crippen molar-refractivity contribution in [2.45, 2.75) is 0 Å². The molecule has 0 spiro atoms. The third-order valence-corrected chi connectivity index (χ3v) is 5.11. The SMILES string of the molecule is COCCOc1ccc(Br)cc1C(=O)NC(=S)Nc1ccccc1C(=O)Nc1ccccc1. The molecule has 0 saturated heterocycles. The van der Waals surface area contributed by atoms with Gasteiger partial charge in [-0.3, -0.25) is 14.9 Å². The van der Waals surface area contributed by atoms with Crippen LogP contribution < -0.4 is 20.7 Å². The molecule has 0 radical (unpaired) electrons. The minimum absolute atomic E-state index is 0.0442. The molecule has 33 heavy (non-hydrogen) atoms. The van der Waals surface area contributed by atoms with Crippen molar-refractivity contribution in [3.05, 3.63) is 88.4 Å². The Morgan fingerprint density at radius 3 is 2.36 bits per heavy atom. The quantitative estimate of drug-likeness (QED) is 0.286. The summed E-state index contributed by atoms with van der Waals surface area (Å²) < 4.78 is 11.3. The predicted octanol–water partition coefficient (Wildman–Crippen LogP) is 4.85. The van der Waals surface area contributed by atoms with E-state index in [1.54, 1.807) is 61.7 Å². The van der Waals surface area contributed by atoms with Gasteiger partial charge < -0.3 is 20.1 Å². The maximum Gasteiger partial charge on any atom is 0.261 e. The number of carbonyl (C=O) groups is 2. The van der Waals surface area contributed by atoms with E-state index in [9.17, 15) is 9.59 Å². The molecule has 0 heterocycles. The Morgan fingerprint density at radius 1 is 0.879 bits per heavy atom. The molecular weight excluding hydrogens is 506 g/mol. The third kappa shape index (κ3) is 7.11. The average molecular weight is 528 g/mol. The van der Waals surface area contributed by atoms with Crippen LogP contribution in [0.1, 0.15) is 20.7 Å². The number of halogens is 1. The molecule has 9 heteroatoms. The summed E-state index contributed by atoms with van der Waals surface area (Å²) >= 11 is 8.69. The van der Waals surface area contributed by atoms with Crippen LogP contribution in [0.25, 0.3) is 0 Å². The topological polar surface area (TPSA) is 88.7 Å². The summed E-state index contributed by atoms with van der Waals surface area (Å²) in [7, 11) is 1.57. The fourth-order valence-corrected chi connectivity index (χ4v) is 3.44. The standard InChI is InChI=1S/C24H22BrN3O4S/c1-31-13-14-32-21-12-11-16(25)15-19(21)23(30)28-24(33)27-20-10-6-5-9-18(20)22(29)26-17-7-3-2-4-8-17/h2-12,15H,13-14H2,1H3,(H,26,29)(H2,27,28,30,33). The van der Waals surface area contributed by atoms with Gasteiger partial charge in [0.15, 0.2) is 5.11 Å². The zero-order chi connectivity index (χ0) is 23.6. The number of thiocarbonyl (C=S) groups is 1. The van der Waals surface area contributed by atoms with Gasteiger partial charge in [0.2, 0.25) is 0 Å². The molecule has 3 N–H and O–H groups in total. The van der Waals surface area contributed by atoms with Crippen molar-refractivity contribution in [2.24, 2.45) is 0 Å². The lowest BCUT2D eigenvalue weighted by Gasteiger charge is -2.15. The number of benzene rings is 3. The summed E-state index contributed by atoms with van der Waals surface area (Å²) in [6.07, 6.45) is 0. The van der Waals surface area contributed by atoms with Crippen molar-refractivity contribution in [1.29, 1.82) is 0 Å². The Balaban J connectivity index is 1.70. The van der Waals surface area contributed by atoms with Gasteiger partial charge in [-0.2, -0.15) is 0 Å². The zero-order valence-electron chi connectivity index (χ0n) is 17.8. The lowest BCUT2D eigenvalue weighted by molar-refractivity contribution is 0.0968. The lowest BCUT2D eigenvalue weighted by atomic mass is 10.1. The second kappa shape index (κ2) is 12.1. The third-order valence-electron chi connectivity index (χ3n) is 4.41. The molecule has 0 unspecified atom stereocenters. The van der Waals surface area contributed by atoms with Crippen LogP contribution in [0.4, 0.5) is 11.4 Å². The van der Waals surface area contributed by atoms with Crippen molar-refractivity contribution < 1.29 is 19.1 Å². The van der Waals surface area contributed by atoms with Gasteiger partial charge in [-0.25, -0.2) is 0 Å². The van der Waals surface area contributed by atoms with Gasteiger partial charge in [0, 0.05) is 17.3 Å². The molecule has 0 aliphatic rings. The molecule has 0 aromatic heterocycles. The average Bonchev–Trinajstić information content (AvgIpc) is 2.81. The van der Waals surface area contributed by atoms with Gasteiger partial charge >= 0.3 is 0 Å². The van der Waals surface area contributed by atoms with Crippen LogP contribution in [-0.2, 0) is 4.74 Å². The van der Waals surface area contributed by atoms with Crippen molar-refractivity contribution in [3.63, 3.8) is 0 Å². The first kappa shape index (κ1) is 24.4. The highest BCUT2D eigenvalue weighted by molar-refractivity contribution is 9.10. The lowest BCUT2D eigenvalue weighted by Crippen LogP contribution is -2.35. The Labute approximate surface area is 205 Å². The normalized spacial score (nSPS) is 10.2. The smallest absolute Gasteiger partial charge is 0.261 e. The van der Waals surface area contributed by atoms with E-state index >= 15 is 0 Å². The highest BCUT2D eigenvalue weighted by Crippen LogP contribution is 2.23. The molecule has 0 bridgehead atoms. The number of nitrogens with one attached hydrogen (secondary N) is 3. The van der Waals surface area contributed by atoms with Gasteiger partial charge in [0.05, 0.1) is 23.4 Å². The maximum atomic E-state index is 12.9. The molecule has 0 atom stereocenters. The monoisotopic (exact) mass is 527 g/mol. The van der Waals surface area contributed by atoms with Gasteiger partial charge in [-0.1, -0.05) is 46.3 Å². The summed E-state index contributed by atoms with van der Waals surface area (Å²) in [6.45, 7) is 0.684. The molecule has 0 fully saturated rings. The number of rotatable bonds is 8. The van der Waals surface area contributed by atoms with E-state index in [-0.39, 0.29) is 11.0 Å². The predicted molar refractivity (Wildman–Crippen MR) is 136 cm³/mol. The molecule has 3 aromatic carbocycles. The van der Waals surface area contributed by atoms with Crippen LogP contribution in [0.3, 0.4) is 0 Å². The summed E-state index contributed by atoms with van der Waals surface area (Å²) in [4.78, 5) is 25.6. The highest BCUT2D eigenvalue weighted by Gasteiger charge is 2.17. The number of amides is 2. The number of ether oxygens (including phenoxy) is 2. The van der Waals surface area contributed by atoms with Crippen molar-refractivity contribution in [1.82, 2.24) is 5.32 Å². The first-order valence-electron chi connectivity index (χ1n) is 9.97. The fourth-order valence-electron chi connectivity index (χ4n) is 2.87. The van der Waals surface area contributed by atoms with Gasteiger partial charge in [0.25, 0.3) is 11.8 Å². The van der Waals surface area contributed by atoms with Crippen LogP contribution in [0, 0.1) is 0 Å². The summed E-state index contributed by atoms with van der Waals surface area (Å²) in [6, 6.07) is 21.1. The number of hydrogen-bond donors (Lipinski definition) is 3. The number of carbonyl (C=O) groups excluding carboxylic acids is 2. The zero-order valence-corrected chi connectivity index (χ0v) is 20.2. The van der Waals surface area contributed by atoms with Crippen LogP contribution in [-0.4, -0.2) is 37.3 Å². The number of methoxy groups -OCH3 is 1. The number of anilines is 2. The van der Waals surface area contributed by atoms with Crippen LogP contribution in [0.5, 0.6) is 5.75 Å². The molecule has 170 valence electrons. The Morgan fingerprint density at radius 2 is 1.61 bits per heavy atom. The number of hydrogen-bond acceptors (Lipinski definition) is 5.